The van der Waals surface area contributed by atoms with Gasteiger partial charge in [0.15, 0.2) is 5.69 Å². The van der Waals surface area contributed by atoms with E-state index in [0.29, 0.717) is 36.2 Å². The van der Waals surface area contributed by atoms with Crippen molar-refractivity contribution in [3.63, 3.8) is 0 Å². The Morgan fingerprint density at radius 3 is 2.65 bits per heavy atom. The van der Waals surface area contributed by atoms with Gasteiger partial charge in [-0.15, -0.1) is 0 Å². The highest BCUT2D eigenvalue weighted by Gasteiger charge is 2.37. The fraction of sp³-hybridized carbons (Fsp3) is 0.409. The molecule has 3 heterocycles. The molecule has 0 fully saturated rings. The van der Waals surface area contributed by atoms with Crippen molar-refractivity contribution < 1.29 is 23.9 Å². The van der Waals surface area contributed by atoms with Crippen molar-refractivity contribution in [2.45, 2.75) is 33.7 Å². The van der Waals surface area contributed by atoms with E-state index in [1.807, 2.05) is 13.8 Å². The van der Waals surface area contributed by atoms with Crippen LogP contribution in [0.5, 0.6) is 0 Å². The molecule has 4 rings (SSSR count). The zero-order valence-electron chi connectivity index (χ0n) is 17.7. The van der Waals surface area contributed by atoms with Crippen molar-refractivity contribution >= 4 is 23.7 Å². The number of aromatic amines is 1. The molecule has 0 saturated heterocycles. The molecule has 0 saturated carbocycles. The molecule has 0 atom stereocenters. The van der Waals surface area contributed by atoms with E-state index in [9.17, 15) is 19.2 Å². The number of esters is 1. The first-order valence-electron chi connectivity index (χ1n) is 10.3. The normalized spacial score (nSPS) is 15.4. The number of hydrogen-bond donors (Lipinski definition) is 1. The number of H-pyrrole nitrogens is 1. The number of aromatic nitrogens is 2. The summed E-state index contributed by atoms with van der Waals surface area (Å²) in [5.41, 5.74) is 2.55. The molecule has 1 aromatic heterocycles. The largest absolute Gasteiger partial charge is 0.461 e. The number of rotatable bonds is 5. The quantitative estimate of drug-likeness (QED) is 0.581. The van der Waals surface area contributed by atoms with Gasteiger partial charge in [-0.1, -0.05) is 13.8 Å². The summed E-state index contributed by atoms with van der Waals surface area (Å²) < 4.78 is 5.04. The number of ether oxygens (including phenoxy) is 1. The predicted octanol–water partition coefficient (Wildman–Crippen LogP) is 2.04. The maximum Gasteiger partial charge on any atom is 0.359 e. The number of imide groups is 1. The fourth-order valence-electron chi connectivity index (χ4n) is 3.97. The third-order valence-electron chi connectivity index (χ3n) is 5.45. The lowest BCUT2D eigenvalue weighted by Gasteiger charge is -2.27. The van der Waals surface area contributed by atoms with Crippen molar-refractivity contribution in [1.82, 2.24) is 20.0 Å². The standard InChI is InChI=1S/C22H24N4O5/c1-4-31-22(30)18-16-11-25(8-7-17(16)23-24-18)19(27)13-5-6-14-15(9-13)21(29)26(20(14)28)10-12(2)3/h5-6,9,12H,4,7-8,10-11H2,1-3H3,(H,23,24). The summed E-state index contributed by atoms with van der Waals surface area (Å²) >= 11 is 0. The molecule has 31 heavy (non-hydrogen) atoms. The van der Waals surface area contributed by atoms with E-state index in [1.165, 1.54) is 11.0 Å². The van der Waals surface area contributed by atoms with Crippen molar-refractivity contribution in [2.75, 3.05) is 19.7 Å². The fourth-order valence-corrected chi connectivity index (χ4v) is 3.97. The molecule has 2 aliphatic heterocycles. The average Bonchev–Trinajstić information content (AvgIpc) is 3.27. The van der Waals surface area contributed by atoms with Crippen molar-refractivity contribution in [2.24, 2.45) is 5.92 Å². The molecule has 9 nitrogen and oxygen atoms in total. The van der Waals surface area contributed by atoms with E-state index in [-0.39, 0.29) is 48.0 Å². The smallest absolute Gasteiger partial charge is 0.359 e. The number of hydrogen-bond acceptors (Lipinski definition) is 6. The highest BCUT2D eigenvalue weighted by atomic mass is 16.5. The highest BCUT2D eigenvalue weighted by molar-refractivity contribution is 6.22. The Morgan fingerprint density at radius 2 is 1.94 bits per heavy atom. The van der Waals surface area contributed by atoms with Crippen LogP contribution >= 0.6 is 0 Å². The third kappa shape index (κ3) is 3.60. The molecular formula is C22H24N4O5. The van der Waals surface area contributed by atoms with Crippen molar-refractivity contribution in [3.8, 4) is 0 Å². The number of benzene rings is 1. The minimum absolute atomic E-state index is 0.148. The number of carbonyl (C=O) groups excluding carboxylic acids is 4. The van der Waals surface area contributed by atoms with Crippen LogP contribution in [0.25, 0.3) is 0 Å². The molecule has 1 aromatic carbocycles. The molecule has 162 valence electrons. The molecule has 2 aliphatic rings. The first kappa shape index (κ1) is 20.8. The van der Waals surface area contributed by atoms with Crippen LogP contribution in [0.2, 0.25) is 0 Å². The van der Waals surface area contributed by atoms with Crippen LogP contribution in [0.3, 0.4) is 0 Å². The Bertz CT molecular complexity index is 1090. The van der Waals surface area contributed by atoms with E-state index < -0.39 is 5.97 Å². The van der Waals surface area contributed by atoms with Gasteiger partial charge in [0, 0.05) is 36.3 Å². The van der Waals surface area contributed by atoms with Gasteiger partial charge in [0.05, 0.1) is 24.3 Å². The number of nitrogens with one attached hydrogen (secondary N) is 1. The molecule has 2 aromatic rings. The van der Waals surface area contributed by atoms with Gasteiger partial charge in [-0.05, 0) is 31.0 Å². The molecule has 0 spiro atoms. The van der Waals surface area contributed by atoms with Crippen LogP contribution < -0.4 is 0 Å². The highest BCUT2D eigenvalue weighted by Crippen LogP contribution is 2.27. The monoisotopic (exact) mass is 424 g/mol. The van der Waals surface area contributed by atoms with Crippen molar-refractivity contribution in [3.05, 3.63) is 51.8 Å². The number of nitrogens with zero attached hydrogens (tertiary/aromatic N) is 3. The molecule has 0 bridgehead atoms. The van der Waals surface area contributed by atoms with E-state index in [0.717, 1.165) is 5.69 Å². The van der Waals surface area contributed by atoms with Gasteiger partial charge in [0.1, 0.15) is 0 Å². The van der Waals surface area contributed by atoms with E-state index >= 15 is 0 Å². The Kier molecular flexibility index (Phi) is 5.34. The molecule has 3 amide bonds. The molecule has 0 aliphatic carbocycles. The number of carbonyl (C=O) groups is 4. The van der Waals surface area contributed by atoms with Gasteiger partial charge in [-0.3, -0.25) is 24.4 Å². The number of fused-ring (bicyclic) bond motifs is 2. The van der Waals surface area contributed by atoms with Crippen LogP contribution in [0.1, 0.15) is 73.6 Å². The van der Waals surface area contributed by atoms with Crippen molar-refractivity contribution in [1.29, 1.82) is 0 Å². The summed E-state index contributed by atoms with van der Waals surface area (Å²) in [5.74, 6) is -1.35. The van der Waals surface area contributed by atoms with Crippen LogP contribution in [-0.2, 0) is 17.7 Å². The van der Waals surface area contributed by atoms with E-state index in [4.69, 9.17) is 4.74 Å². The van der Waals surface area contributed by atoms with E-state index in [1.54, 1.807) is 24.0 Å². The predicted molar refractivity (Wildman–Crippen MR) is 110 cm³/mol. The lowest BCUT2D eigenvalue weighted by Crippen LogP contribution is -2.36. The average molecular weight is 424 g/mol. The Balaban J connectivity index is 1.57. The minimum atomic E-state index is -0.527. The van der Waals surface area contributed by atoms with Crippen LogP contribution in [0, 0.1) is 5.92 Å². The zero-order valence-corrected chi connectivity index (χ0v) is 17.7. The molecule has 1 N–H and O–H groups in total. The summed E-state index contributed by atoms with van der Waals surface area (Å²) in [6, 6.07) is 4.61. The Morgan fingerprint density at radius 1 is 1.19 bits per heavy atom. The lowest BCUT2D eigenvalue weighted by molar-refractivity contribution is 0.0512. The SMILES string of the molecule is CCOC(=O)c1n[nH]c2c1CN(C(=O)c1ccc3c(c1)C(=O)N(CC(C)C)C3=O)CC2. The summed E-state index contributed by atoms with van der Waals surface area (Å²) in [6.07, 6.45) is 0.526. The summed E-state index contributed by atoms with van der Waals surface area (Å²) in [4.78, 5) is 53.4. The minimum Gasteiger partial charge on any atom is -0.461 e. The molecule has 9 heteroatoms. The summed E-state index contributed by atoms with van der Waals surface area (Å²) in [5, 5.41) is 6.91. The van der Waals surface area contributed by atoms with Gasteiger partial charge in [-0.2, -0.15) is 5.10 Å². The second-order valence-electron chi connectivity index (χ2n) is 8.10. The third-order valence-corrected chi connectivity index (χ3v) is 5.45. The van der Waals surface area contributed by atoms with Gasteiger partial charge in [-0.25, -0.2) is 4.79 Å². The van der Waals surface area contributed by atoms with Gasteiger partial charge >= 0.3 is 5.97 Å². The van der Waals surface area contributed by atoms with Gasteiger partial charge in [0.2, 0.25) is 0 Å². The summed E-state index contributed by atoms with van der Waals surface area (Å²) in [6.45, 7) is 6.81. The first-order valence-corrected chi connectivity index (χ1v) is 10.3. The first-order chi connectivity index (χ1) is 14.8. The Labute approximate surface area is 179 Å². The Hall–Kier alpha value is -3.49. The van der Waals surface area contributed by atoms with E-state index in [2.05, 4.69) is 10.2 Å². The second-order valence-corrected chi connectivity index (χ2v) is 8.10. The molecule has 0 unspecified atom stereocenters. The van der Waals surface area contributed by atoms with Crippen LogP contribution in [0.15, 0.2) is 18.2 Å². The maximum absolute atomic E-state index is 13.2. The maximum atomic E-state index is 13.2. The van der Waals surface area contributed by atoms with Crippen LogP contribution in [0.4, 0.5) is 0 Å². The number of amides is 3. The van der Waals surface area contributed by atoms with Gasteiger partial charge in [0.25, 0.3) is 17.7 Å². The molecular weight excluding hydrogens is 400 g/mol. The summed E-state index contributed by atoms with van der Waals surface area (Å²) in [7, 11) is 0. The van der Waals surface area contributed by atoms with Crippen LogP contribution in [-0.4, -0.2) is 63.4 Å². The topological polar surface area (TPSA) is 113 Å². The van der Waals surface area contributed by atoms with Gasteiger partial charge < -0.3 is 9.64 Å². The lowest BCUT2D eigenvalue weighted by atomic mass is 10.0. The molecule has 0 radical (unpaired) electrons. The second kappa shape index (κ2) is 7.98. The zero-order chi connectivity index (χ0) is 22.3.